The number of nitrogens with zero attached hydrogens (tertiary/aromatic N) is 2. The zero-order chi connectivity index (χ0) is 19.0. The third kappa shape index (κ3) is 3.53. The Labute approximate surface area is 157 Å². The largest absolute Gasteiger partial charge is 0.366 e. The number of pyridine rings is 1. The van der Waals surface area contributed by atoms with Gasteiger partial charge in [-0.1, -0.05) is 12.8 Å². The number of fused-ring (bicyclic) bond motifs is 1. The molecule has 1 saturated heterocycles. The smallest absolute Gasteiger partial charge is 0.250 e. The summed E-state index contributed by atoms with van der Waals surface area (Å²) >= 11 is 0. The van der Waals surface area contributed by atoms with Crippen LogP contribution in [0, 0.1) is 11.7 Å². The first-order valence-electron chi connectivity index (χ1n) is 9.71. The lowest BCUT2D eigenvalue weighted by Gasteiger charge is -2.34. The molecule has 5 nitrogen and oxygen atoms in total. The summed E-state index contributed by atoms with van der Waals surface area (Å²) in [5.74, 6) is -0.588. The first kappa shape index (κ1) is 17.9. The predicted molar refractivity (Wildman–Crippen MR) is 101 cm³/mol. The van der Waals surface area contributed by atoms with Crippen molar-refractivity contribution in [2.45, 2.75) is 44.4 Å². The van der Waals surface area contributed by atoms with Gasteiger partial charge in [0.25, 0.3) is 5.91 Å². The zero-order valence-corrected chi connectivity index (χ0v) is 15.3. The van der Waals surface area contributed by atoms with Crippen molar-refractivity contribution in [3.8, 4) is 0 Å². The summed E-state index contributed by atoms with van der Waals surface area (Å²) in [6.45, 7) is 1.33. The van der Waals surface area contributed by atoms with E-state index in [2.05, 4.69) is 4.98 Å². The molecule has 27 heavy (non-hydrogen) atoms. The fourth-order valence-electron chi connectivity index (χ4n) is 4.50. The van der Waals surface area contributed by atoms with Gasteiger partial charge in [0, 0.05) is 30.3 Å². The molecule has 0 bridgehead atoms. The summed E-state index contributed by atoms with van der Waals surface area (Å²) in [7, 11) is 0. The van der Waals surface area contributed by atoms with Crippen LogP contribution in [0.2, 0.25) is 0 Å². The third-order valence-corrected chi connectivity index (χ3v) is 5.90. The third-order valence-electron chi connectivity index (χ3n) is 5.90. The van der Waals surface area contributed by atoms with Gasteiger partial charge >= 0.3 is 0 Å². The number of rotatable bonds is 3. The Kier molecular flexibility index (Phi) is 4.81. The number of carbonyl (C=O) groups is 2. The maximum atomic E-state index is 13.5. The van der Waals surface area contributed by atoms with Gasteiger partial charge < -0.3 is 10.6 Å². The Hall–Kier alpha value is -2.50. The minimum absolute atomic E-state index is 0.0268. The molecule has 6 heteroatoms. The van der Waals surface area contributed by atoms with Crippen LogP contribution < -0.4 is 5.73 Å². The van der Waals surface area contributed by atoms with Crippen LogP contribution >= 0.6 is 0 Å². The van der Waals surface area contributed by atoms with Crippen LogP contribution in [-0.4, -0.2) is 34.8 Å². The Balaban J connectivity index is 1.65. The van der Waals surface area contributed by atoms with E-state index in [4.69, 9.17) is 5.73 Å². The molecule has 0 unspecified atom stereocenters. The Bertz CT molecular complexity index is 892. The molecule has 1 aromatic heterocycles. The van der Waals surface area contributed by atoms with E-state index in [0.29, 0.717) is 28.7 Å². The van der Waals surface area contributed by atoms with Gasteiger partial charge in [0.2, 0.25) is 5.91 Å². The number of benzene rings is 1. The molecule has 1 aliphatic carbocycles. The number of halogens is 1. The monoisotopic (exact) mass is 369 g/mol. The minimum Gasteiger partial charge on any atom is -0.366 e. The fraction of sp³-hybridized carbons (Fsp3) is 0.476. The number of likely N-dealkylation sites (tertiary alicyclic amines) is 1. The molecule has 4 rings (SSSR count). The molecule has 1 aromatic carbocycles. The van der Waals surface area contributed by atoms with E-state index < -0.39 is 5.91 Å². The van der Waals surface area contributed by atoms with Crippen LogP contribution in [0.1, 0.15) is 60.5 Å². The quantitative estimate of drug-likeness (QED) is 0.901. The molecule has 2 heterocycles. The van der Waals surface area contributed by atoms with E-state index in [1.54, 1.807) is 12.1 Å². The highest BCUT2D eigenvalue weighted by molar-refractivity contribution is 5.98. The fourth-order valence-corrected chi connectivity index (χ4v) is 4.50. The molecule has 2 amide bonds. The van der Waals surface area contributed by atoms with Gasteiger partial charge in [0.15, 0.2) is 0 Å². The van der Waals surface area contributed by atoms with E-state index in [1.807, 2.05) is 4.90 Å². The first-order valence-corrected chi connectivity index (χ1v) is 9.71. The van der Waals surface area contributed by atoms with Crippen molar-refractivity contribution in [3.63, 3.8) is 0 Å². The molecule has 2 aromatic rings. The molecule has 1 atom stereocenters. The lowest BCUT2D eigenvalue weighted by Crippen LogP contribution is -2.42. The lowest BCUT2D eigenvalue weighted by atomic mass is 9.89. The number of amides is 2. The van der Waals surface area contributed by atoms with Crippen molar-refractivity contribution in [1.82, 2.24) is 9.88 Å². The highest BCUT2D eigenvalue weighted by atomic mass is 19.1. The Morgan fingerprint density at radius 3 is 2.63 bits per heavy atom. The summed E-state index contributed by atoms with van der Waals surface area (Å²) in [6, 6.07) is 5.96. The molecule has 142 valence electrons. The second-order valence-electron chi connectivity index (χ2n) is 7.73. The number of aromatic nitrogens is 1. The second-order valence-corrected chi connectivity index (χ2v) is 7.73. The van der Waals surface area contributed by atoms with Gasteiger partial charge in [-0.15, -0.1) is 0 Å². The van der Waals surface area contributed by atoms with Crippen molar-refractivity contribution in [3.05, 3.63) is 41.3 Å². The number of hydrogen-bond acceptors (Lipinski definition) is 3. The highest BCUT2D eigenvalue weighted by Gasteiger charge is 2.32. The topological polar surface area (TPSA) is 76.3 Å². The van der Waals surface area contributed by atoms with E-state index in [-0.39, 0.29) is 23.6 Å². The molecular formula is C21H24FN3O2. The van der Waals surface area contributed by atoms with Crippen LogP contribution in [0.3, 0.4) is 0 Å². The molecular weight excluding hydrogens is 345 g/mol. The molecule has 2 aliphatic rings. The predicted octanol–water partition coefficient (Wildman–Crippen LogP) is 3.37. The minimum atomic E-state index is -0.567. The van der Waals surface area contributed by atoms with Crippen molar-refractivity contribution >= 4 is 22.7 Å². The van der Waals surface area contributed by atoms with Crippen LogP contribution in [0.15, 0.2) is 24.3 Å². The molecule has 0 radical (unpaired) electrons. The van der Waals surface area contributed by atoms with Gasteiger partial charge in [0.05, 0.1) is 16.8 Å². The van der Waals surface area contributed by atoms with Crippen molar-refractivity contribution in [2.75, 3.05) is 13.1 Å². The van der Waals surface area contributed by atoms with Gasteiger partial charge in [-0.3, -0.25) is 14.6 Å². The van der Waals surface area contributed by atoms with E-state index in [9.17, 15) is 14.0 Å². The molecule has 1 aliphatic heterocycles. The average Bonchev–Trinajstić information content (AvgIpc) is 3.21. The van der Waals surface area contributed by atoms with Gasteiger partial charge in [-0.25, -0.2) is 4.39 Å². The molecule has 1 saturated carbocycles. The van der Waals surface area contributed by atoms with E-state index >= 15 is 0 Å². The summed E-state index contributed by atoms with van der Waals surface area (Å²) in [5.41, 5.74) is 7.18. The number of nitrogens with two attached hydrogens (primary N) is 1. The maximum Gasteiger partial charge on any atom is 0.250 e. The number of primary amides is 1. The standard InChI is InChI=1S/C21H24FN3O2/c22-16-7-8-18-15(10-16)11-17(20(23)26)19(24-18)14-6-3-9-25(12-14)21(27)13-4-1-2-5-13/h7-8,10-11,13-14H,1-6,9,12H2,(H2,23,26)/t14-/m1/s1. The Morgan fingerprint density at radius 1 is 1.11 bits per heavy atom. The molecule has 0 spiro atoms. The zero-order valence-electron chi connectivity index (χ0n) is 15.3. The normalized spacial score (nSPS) is 20.9. The summed E-state index contributed by atoms with van der Waals surface area (Å²) in [4.78, 5) is 31.4. The summed E-state index contributed by atoms with van der Waals surface area (Å²) in [5, 5.41) is 0.558. The SMILES string of the molecule is NC(=O)c1cc2cc(F)ccc2nc1[C@@H]1CCCN(C(=O)C2CCCC2)C1. The van der Waals surface area contributed by atoms with Crippen LogP contribution in [0.25, 0.3) is 10.9 Å². The lowest BCUT2D eigenvalue weighted by molar-refractivity contribution is -0.136. The molecule has 2 fully saturated rings. The van der Waals surface area contributed by atoms with Gasteiger partial charge in [-0.2, -0.15) is 0 Å². The van der Waals surface area contributed by atoms with Gasteiger partial charge in [0.1, 0.15) is 5.82 Å². The van der Waals surface area contributed by atoms with Crippen LogP contribution in [0.5, 0.6) is 0 Å². The van der Waals surface area contributed by atoms with Crippen LogP contribution in [-0.2, 0) is 4.79 Å². The number of piperidine rings is 1. The van der Waals surface area contributed by atoms with Gasteiger partial charge in [-0.05, 0) is 49.9 Å². The van der Waals surface area contributed by atoms with E-state index in [1.165, 1.54) is 12.1 Å². The summed E-state index contributed by atoms with van der Waals surface area (Å²) in [6.07, 6.45) is 5.95. The van der Waals surface area contributed by atoms with Crippen molar-refractivity contribution in [1.29, 1.82) is 0 Å². The van der Waals surface area contributed by atoms with Crippen molar-refractivity contribution in [2.24, 2.45) is 11.7 Å². The van der Waals surface area contributed by atoms with Crippen molar-refractivity contribution < 1.29 is 14.0 Å². The first-order chi connectivity index (χ1) is 13.0. The Morgan fingerprint density at radius 2 is 1.89 bits per heavy atom. The second kappa shape index (κ2) is 7.25. The maximum absolute atomic E-state index is 13.5. The number of carbonyl (C=O) groups excluding carboxylic acids is 2. The highest BCUT2D eigenvalue weighted by Crippen LogP contribution is 2.33. The number of hydrogen-bond donors (Lipinski definition) is 1. The van der Waals surface area contributed by atoms with E-state index in [0.717, 1.165) is 45.1 Å². The van der Waals surface area contributed by atoms with Crippen LogP contribution in [0.4, 0.5) is 4.39 Å². The average molecular weight is 369 g/mol. The summed E-state index contributed by atoms with van der Waals surface area (Å²) < 4.78 is 13.5. The molecule has 2 N–H and O–H groups in total.